The molecule has 0 spiro atoms. The van der Waals surface area contributed by atoms with Crippen molar-refractivity contribution in [1.82, 2.24) is 15.1 Å². The lowest BCUT2D eigenvalue weighted by Gasteiger charge is -2.38. The number of amides is 3. The van der Waals surface area contributed by atoms with Crippen LogP contribution in [0.1, 0.15) is 43.6 Å². The summed E-state index contributed by atoms with van der Waals surface area (Å²) in [4.78, 5) is 29.6. The Morgan fingerprint density at radius 3 is 2.57 bits per heavy atom. The summed E-state index contributed by atoms with van der Waals surface area (Å²) in [7, 11) is 2.00. The maximum Gasteiger partial charge on any atom is 0.319 e. The minimum atomic E-state index is -0.378. The summed E-state index contributed by atoms with van der Waals surface area (Å²) in [6.45, 7) is 9.07. The molecule has 37 heavy (non-hydrogen) atoms. The molecule has 1 heterocycles. The number of urea groups is 1. The topological polar surface area (TPSA) is 94.1 Å². The number of fused-ring (bicyclic) bond motifs is 1. The van der Waals surface area contributed by atoms with Gasteiger partial charge in [0.15, 0.2) is 0 Å². The summed E-state index contributed by atoms with van der Waals surface area (Å²) in [5.41, 5.74) is 1.84. The van der Waals surface area contributed by atoms with Gasteiger partial charge in [0.1, 0.15) is 11.9 Å². The molecule has 2 aromatic rings. The van der Waals surface area contributed by atoms with E-state index < -0.39 is 0 Å². The van der Waals surface area contributed by atoms with E-state index in [-0.39, 0.29) is 42.7 Å². The molecule has 0 unspecified atom stereocenters. The molecular formula is C27H36Cl2N4O4. The Hall–Kier alpha value is -2.52. The van der Waals surface area contributed by atoms with Crippen molar-refractivity contribution in [2.45, 2.75) is 52.4 Å². The zero-order valence-electron chi connectivity index (χ0n) is 21.9. The standard InChI is InChI=1S/C27H36Cl2N4O4/c1-16(2)30-27(36)31-20-7-9-24-21(11-20)26(35)33(18(4)15-34)12-17(3)25(37-24)14-32(5)13-19-6-8-22(28)23(29)10-19/h6-11,16-18,25,34H,12-15H2,1-5H3,(H2,30,31,36)/t17-,18+,25-/m0/s1. The first kappa shape index (κ1) is 29.0. The number of hydrogen-bond donors (Lipinski definition) is 3. The highest BCUT2D eigenvalue weighted by Gasteiger charge is 2.33. The number of rotatable bonds is 8. The molecule has 3 N–H and O–H groups in total. The van der Waals surface area contributed by atoms with Crippen molar-refractivity contribution < 1.29 is 19.4 Å². The van der Waals surface area contributed by atoms with Crippen molar-refractivity contribution in [3.05, 3.63) is 57.6 Å². The predicted octanol–water partition coefficient (Wildman–Crippen LogP) is 4.88. The number of halogens is 2. The first-order valence-corrected chi connectivity index (χ1v) is 13.2. The van der Waals surface area contributed by atoms with E-state index in [1.54, 1.807) is 29.2 Å². The molecule has 0 saturated carbocycles. The normalized spacial score (nSPS) is 18.6. The highest BCUT2D eigenvalue weighted by atomic mass is 35.5. The molecule has 3 amide bonds. The molecular weight excluding hydrogens is 515 g/mol. The Kier molecular flexibility index (Phi) is 10.1. The van der Waals surface area contributed by atoms with Gasteiger partial charge in [0.05, 0.1) is 28.3 Å². The second-order valence-electron chi connectivity index (χ2n) is 10.0. The van der Waals surface area contributed by atoms with Crippen molar-refractivity contribution in [3.8, 4) is 5.75 Å². The minimum Gasteiger partial charge on any atom is -0.488 e. The van der Waals surface area contributed by atoms with Crippen LogP contribution in [-0.2, 0) is 6.54 Å². The summed E-state index contributed by atoms with van der Waals surface area (Å²) >= 11 is 12.2. The molecule has 0 bridgehead atoms. The van der Waals surface area contributed by atoms with E-state index in [1.807, 2.05) is 46.9 Å². The molecule has 10 heteroatoms. The van der Waals surface area contributed by atoms with Crippen molar-refractivity contribution in [2.75, 3.05) is 32.1 Å². The van der Waals surface area contributed by atoms with Gasteiger partial charge in [0, 0.05) is 37.3 Å². The lowest BCUT2D eigenvalue weighted by molar-refractivity contribution is 0.0341. The molecule has 0 fully saturated rings. The van der Waals surface area contributed by atoms with Crippen LogP contribution in [0.15, 0.2) is 36.4 Å². The molecule has 0 radical (unpaired) electrons. The lowest BCUT2D eigenvalue weighted by atomic mass is 9.99. The Morgan fingerprint density at radius 1 is 1.19 bits per heavy atom. The monoisotopic (exact) mass is 550 g/mol. The molecule has 3 atom stereocenters. The fourth-order valence-corrected chi connectivity index (χ4v) is 4.59. The lowest BCUT2D eigenvalue weighted by Crippen LogP contribution is -2.49. The second kappa shape index (κ2) is 12.8. The zero-order chi connectivity index (χ0) is 27.3. The van der Waals surface area contributed by atoms with Crippen LogP contribution in [0.2, 0.25) is 10.0 Å². The Labute approximate surface area is 228 Å². The van der Waals surface area contributed by atoms with Gasteiger partial charge < -0.3 is 25.4 Å². The summed E-state index contributed by atoms with van der Waals surface area (Å²) in [5.74, 6) is 0.172. The SMILES string of the molecule is CC(C)NC(=O)Nc1ccc2c(c1)C(=O)N([C@H](C)CO)C[C@H](C)[C@H](CN(C)Cc1ccc(Cl)c(Cl)c1)O2. The van der Waals surface area contributed by atoms with E-state index in [4.69, 9.17) is 27.9 Å². The number of ether oxygens (including phenoxy) is 1. The maximum atomic E-state index is 13.6. The molecule has 1 aliphatic rings. The number of nitrogens with one attached hydrogen (secondary N) is 2. The highest BCUT2D eigenvalue weighted by Crippen LogP contribution is 2.31. The van der Waals surface area contributed by atoms with Crippen LogP contribution in [0.4, 0.5) is 10.5 Å². The van der Waals surface area contributed by atoms with Crippen LogP contribution in [0.3, 0.4) is 0 Å². The second-order valence-corrected chi connectivity index (χ2v) is 10.8. The summed E-state index contributed by atoms with van der Waals surface area (Å²) in [5, 5.41) is 16.4. The number of hydrogen-bond acceptors (Lipinski definition) is 5. The van der Waals surface area contributed by atoms with E-state index in [9.17, 15) is 14.7 Å². The van der Waals surface area contributed by atoms with Gasteiger partial charge in [-0.05, 0) is 63.7 Å². The van der Waals surface area contributed by atoms with Gasteiger partial charge in [-0.2, -0.15) is 0 Å². The first-order chi connectivity index (χ1) is 17.5. The predicted molar refractivity (Wildman–Crippen MR) is 148 cm³/mol. The van der Waals surface area contributed by atoms with Crippen molar-refractivity contribution in [1.29, 1.82) is 0 Å². The molecule has 0 aromatic heterocycles. The van der Waals surface area contributed by atoms with Crippen molar-refractivity contribution in [3.63, 3.8) is 0 Å². The van der Waals surface area contributed by atoms with E-state index in [0.717, 1.165) is 5.56 Å². The Balaban J connectivity index is 1.87. The third-order valence-electron chi connectivity index (χ3n) is 6.27. The highest BCUT2D eigenvalue weighted by molar-refractivity contribution is 6.42. The average molecular weight is 552 g/mol. The largest absolute Gasteiger partial charge is 0.488 e. The van der Waals surface area contributed by atoms with Crippen LogP contribution in [0.5, 0.6) is 5.75 Å². The van der Waals surface area contributed by atoms with Gasteiger partial charge in [0.2, 0.25) is 0 Å². The summed E-state index contributed by atoms with van der Waals surface area (Å²) in [6, 6.07) is 9.87. The Morgan fingerprint density at radius 2 is 1.92 bits per heavy atom. The number of likely N-dealkylation sites (N-methyl/N-ethyl adjacent to an activating group) is 1. The van der Waals surface area contributed by atoms with Crippen LogP contribution < -0.4 is 15.4 Å². The zero-order valence-corrected chi connectivity index (χ0v) is 23.4. The number of anilines is 1. The first-order valence-electron chi connectivity index (χ1n) is 12.4. The van der Waals surface area contributed by atoms with E-state index >= 15 is 0 Å². The molecule has 8 nitrogen and oxygen atoms in total. The quantitative estimate of drug-likeness (QED) is 0.435. The minimum absolute atomic E-state index is 0.0167. The molecule has 3 rings (SSSR count). The Bertz CT molecular complexity index is 1110. The molecule has 0 aliphatic carbocycles. The van der Waals surface area contributed by atoms with E-state index in [0.29, 0.717) is 46.7 Å². The number of aliphatic hydroxyl groups excluding tert-OH is 1. The molecule has 2 aromatic carbocycles. The fraction of sp³-hybridized carbons (Fsp3) is 0.481. The van der Waals surface area contributed by atoms with Gasteiger partial charge in [-0.25, -0.2) is 4.79 Å². The average Bonchev–Trinajstić information content (AvgIpc) is 2.83. The van der Waals surface area contributed by atoms with Crippen LogP contribution >= 0.6 is 23.2 Å². The van der Waals surface area contributed by atoms with Gasteiger partial charge in [-0.3, -0.25) is 9.69 Å². The molecule has 202 valence electrons. The van der Waals surface area contributed by atoms with E-state index in [1.165, 1.54) is 0 Å². The number of carbonyl (C=O) groups excluding carboxylic acids is 2. The number of benzene rings is 2. The maximum absolute atomic E-state index is 13.6. The number of aliphatic hydroxyl groups is 1. The van der Waals surface area contributed by atoms with Crippen LogP contribution in [-0.4, -0.2) is 71.8 Å². The van der Waals surface area contributed by atoms with Gasteiger partial charge >= 0.3 is 6.03 Å². The third-order valence-corrected chi connectivity index (χ3v) is 7.01. The van der Waals surface area contributed by atoms with Crippen LogP contribution in [0.25, 0.3) is 0 Å². The fourth-order valence-electron chi connectivity index (χ4n) is 4.27. The number of carbonyl (C=O) groups is 2. The third kappa shape index (κ3) is 7.74. The van der Waals surface area contributed by atoms with Gasteiger partial charge in [0.25, 0.3) is 5.91 Å². The van der Waals surface area contributed by atoms with Crippen LogP contribution in [0, 0.1) is 5.92 Å². The van der Waals surface area contributed by atoms with Gasteiger partial charge in [-0.1, -0.05) is 36.2 Å². The smallest absolute Gasteiger partial charge is 0.319 e. The summed E-state index contributed by atoms with van der Waals surface area (Å²) < 4.78 is 6.43. The number of nitrogens with zero attached hydrogens (tertiary/aromatic N) is 2. The molecule has 0 saturated heterocycles. The summed E-state index contributed by atoms with van der Waals surface area (Å²) in [6.07, 6.45) is -0.240. The van der Waals surface area contributed by atoms with Gasteiger partial charge in [-0.15, -0.1) is 0 Å². The van der Waals surface area contributed by atoms with E-state index in [2.05, 4.69) is 15.5 Å². The van der Waals surface area contributed by atoms with Crippen molar-refractivity contribution >= 4 is 40.8 Å². The molecule has 1 aliphatic heterocycles. The van der Waals surface area contributed by atoms with Crippen molar-refractivity contribution in [2.24, 2.45) is 5.92 Å².